The van der Waals surface area contributed by atoms with Crippen molar-refractivity contribution in [2.24, 2.45) is 0 Å². The van der Waals surface area contributed by atoms with Gasteiger partial charge in [-0.15, -0.1) is 0 Å². The molecule has 1 fully saturated rings. The summed E-state index contributed by atoms with van der Waals surface area (Å²) in [5, 5.41) is 0. The van der Waals surface area contributed by atoms with Crippen molar-refractivity contribution in [3.8, 4) is 0 Å². The zero-order chi connectivity index (χ0) is 10.8. The number of amides is 1. The van der Waals surface area contributed by atoms with Crippen LogP contribution in [0.15, 0.2) is 18.2 Å². The molecule has 0 bridgehead atoms. The van der Waals surface area contributed by atoms with E-state index < -0.39 is 11.9 Å². The normalized spacial score (nSPS) is 15.5. The van der Waals surface area contributed by atoms with E-state index >= 15 is 0 Å². The summed E-state index contributed by atoms with van der Waals surface area (Å²) in [6, 6.07) is 4.44. The van der Waals surface area contributed by atoms with Gasteiger partial charge in [-0.1, -0.05) is 6.07 Å². The molecule has 1 heterocycles. The lowest BCUT2D eigenvalue weighted by molar-refractivity contribution is 0.157. The fourth-order valence-corrected chi connectivity index (χ4v) is 1.47. The molecule has 0 atom stereocenters. The summed E-state index contributed by atoms with van der Waals surface area (Å²) < 4.78 is 18.1. The molecular weight excluding hydrogens is 199 g/mol. The maximum Gasteiger partial charge on any atom is 0.410 e. The number of halogens is 1. The smallest absolute Gasteiger partial charge is 0.410 e. The monoisotopic (exact) mass is 210 g/mol. The molecular formula is C10H11FN2O2. The molecule has 0 spiro atoms. The Morgan fingerprint density at radius 1 is 1.53 bits per heavy atom. The molecule has 1 aliphatic rings. The minimum Gasteiger partial charge on any atom is -0.448 e. The quantitative estimate of drug-likeness (QED) is 0.750. The summed E-state index contributed by atoms with van der Waals surface area (Å²) in [5.41, 5.74) is 6.24. The first-order chi connectivity index (χ1) is 7.16. The van der Waals surface area contributed by atoms with Gasteiger partial charge in [-0.3, -0.25) is 0 Å². The summed E-state index contributed by atoms with van der Waals surface area (Å²) in [4.78, 5) is 12.6. The van der Waals surface area contributed by atoms with Gasteiger partial charge < -0.3 is 15.4 Å². The summed E-state index contributed by atoms with van der Waals surface area (Å²) in [5.74, 6) is -0.394. The van der Waals surface area contributed by atoms with Crippen LogP contribution >= 0.6 is 0 Å². The van der Waals surface area contributed by atoms with Crippen LogP contribution in [0.3, 0.4) is 0 Å². The number of rotatable bonds is 2. The van der Waals surface area contributed by atoms with Gasteiger partial charge in [0.15, 0.2) is 0 Å². The summed E-state index contributed by atoms with van der Waals surface area (Å²) in [6.07, 6.45) is -0.397. The molecule has 0 aromatic heterocycles. The van der Waals surface area contributed by atoms with Crippen LogP contribution in [0, 0.1) is 5.82 Å². The first-order valence-corrected chi connectivity index (χ1v) is 4.62. The van der Waals surface area contributed by atoms with Crippen molar-refractivity contribution < 1.29 is 13.9 Å². The van der Waals surface area contributed by atoms with Gasteiger partial charge >= 0.3 is 6.09 Å². The third-order valence-corrected chi connectivity index (χ3v) is 2.28. The van der Waals surface area contributed by atoms with Crippen LogP contribution in [0.4, 0.5) is 14.9 Å². The zero-order valence-electron chi connectivity index (χ0n) is 8.07. The fourth-order valence-electron chi connectivity index (χ4n) is 1.47. The number of anilines is 1. The number of cyclic esters (lactones) is 1. The van der Waals surface area contributed by atoms with Crippen molar-refractivity contribution in [2.45, 2.75) is 6.54 Å². The molecule has 2 rings (SSSR count). The predicted octanol–water partition coefficient (Wildman–Crippen LogP) is 1.36. The number of ether oxygens (including phenoxy) is 1. The maximum atomic E-state index is 13.4. The van der Waals surface area contributed by atoms with E-state index in [9.17, 15) is 9.18 Å². The van der Waals surface area contributed by atoms with E-state index in [2.05, 4.69) is 0 Å². The second-order valence-corrected chi connectivity index (χ2v) is 3.39. The van der Waals surface area contributed by atoms with Crippen LogP contribution in [0.1, 0.15) is 5.56 Å². The molecule has 1 aliphatic heterocycles. The van der Waals surface area contributed by atoms with Gasteiger partial charge in [0, 0.05) is 11.3 Å². The minimum atomic E-state index is -0.397. The van der Waals surface area contributed by atoms with Crippen molar-refractivity contribution >= 4 is 11.8 Å². The van der Waals surface area contributed by atoms with Crippen LogP contribution in [0.2, 0.25) is 0 Å². The number of carbonyl (C=O) groups excluding carboxylic acids is 1. The standard InChI is InChI=1S/C10H11FN2O2/c11-9-5-8(12)2-1-7(9)6-13-3-4-15-10(13)14/h1-2,5H,3-4,6,12H2. The highest BCUT2D eigenvalue weighted by Gasteiger charge is 2.22. The highest BCUT2D eigenvalue weighted by atomic mass is 19.1. The number of carbonyl (C=O) groups is 1. The molecule has 0 aliphatic carbocycles. The molecule has 0 radical (unpaired) electrons. The topological polar surface area (TPSA) is 55.6 Å². The van der Waals surface area contributed by atoms with Gasteiger partial charge in [0.05, 0.1) is 13.1 Å². The summed E-state index contributed by atoms with van der Waals surface area (Å²) in [7, 11) is 0. The SMILES string of the molecule is Nc1ccc(CN2CCOC2=O)c(F)c1. The number of nitrogens with two attached hydrogens (primary N) is 1. The third kappa shape index (κ3) is 2.01. The Hall–Kier alpha value is -1.78. The molecule has 2 N–H and O–H groups in total. The number of benzene rings is 1. The van der Waals surface area contributed by atoms with Crippen molar-refractivity contribution in [3.05, 3.63) is 29.6 Å². The Morgan fingerprint density at radius 3 is 2.93 bits per heavy atom. The first kappa shape index (κ1) is 9.76. The van der Waals surface area contributed by atoms with Crippen molar-refractivity contribution in [1.82, 2.24) is 4.90 Å². The lowest BCUT2D eigenvalue weighted by atomic mass is 10.2. The molecule has 0 saturated carbocycles. The number of nitrogens with zero attached hydrogens (tertiary/aromatic N) is 1. The van der Waals surface area contributed by atoms with Gasteiger partial charge in [-0.25, -0.2) is 9.18 Å². The van der Waals surface area contributed by atoms with Crippen molar-refractivity contribution in [1.29, 1.82) is 0 Å². The Balaban J connectivity index is 2.13. The van der Waals surface area contributed by atoms with Crippen LogP contribution in [-0.2, 0) is 11.3 Å². The average Bonchev–Trinajstić information content (AvgIpc) is 2.57. The third-order valence-electron chi connectivity index (χ3n) is 2.28. The largest absolute Gasteiger partial charge is 0.448 e. The minimum absolute atomic E-state index is 0.227. The van der Waals surface area contributed by atoms with Crippen LogP contribution in [-0.4, -0.2) is 24.1 Å². The Labute approximate surface area is 86.4 Å². The van der Waals surface area contributed by atoms with E-state index in [4.69, 9.17) is 10.5 Å². The molecule has 4 nitrogen and oxygen atoms in total. The second kappa shape index (κ2) is 3.76. The van der Waals surface area contributed by atoms with Gasteiger partial charge in [-0.05, 0) is 12.1 Å². The number of nitrogen functional groups attached to an aromatic ring is 1. The molecule has 5 heteroatoms. The Morgan fingerprint density at radius 2 is 2.33 bits per heavy atom. The van der Waals surface area contributed by atoms with Gasteiger partial charge in [-0.2, -0.15) is 0 Å². The predicted molar refractivity (Wildman–Crippen MR) is 52.6 cm³/mol. The highest BCUT2D eigenvalue weighted by Crippen LogP contribution is 2.16. The highest BCUT2D eigenvalue weighted by molar-refractivity contribution is 5.69. The molecule has 80 valence electrons. The van der Waals surface area contributed by atoms with Crippen LogP contribution in [0.5, 0.6) is 0 Å². The Kier molecular flexibility index (Phi) is 2.45. The van der Waals surface area contributed by atoms with E-state index in [1.54, 1.807) is 12.1 Å². The maximum absolute atomic E-state index is 13.4. The molecule has 1 saturated heterocycles. The second-order valence-electron chi connectivity index (χ2n) is 3.39. The van der Waals surface area contributed by atoms with Crippen molar-refractivity contribution in [3.63, 3.8) is 0 Å². The van der Waals surface area contributed by atoms with E-state index in [0.29, 0.717) is 24.4 Å². The number of hydrogen-bond acceptors (Lipinski definition) is 3. The van der Waals surface area contributed by atoms with Crippen LogP contribution < -0.4 is 5.73 Å². The molecule has 1 aromatic rings. The van der Waals surface area contributed by atoms with Gasteiger partial charge in [0.2, 0.25) is 0 Å². The Bertz CT molecular complexity index is 395. The molecule has 1 aromatic carbocycles. The van der Waals surface area contributed by atoms with Crippen LogP contribution in [0.25, 0.3) is 0 Å². The van der Waals surface area contributed by atoms with E-state index in [0.717, 1.165) is 0 Å². The van der Waals surface area contributed by atoms with E-state index in [1.165, 1.54) is 11.0 Å². The summed E-state index contributed by atoms with van der Waals surface area (Å²) in [6.45, 7) is 1.10. The molecule has 15 heavy (non-hydrogen) atoms. The van der Waals surface area contributed by atoms with E-state index in [1.807, 2.05) is 0 Å². The van der Waals surface area contributed by atoms with Gasteiger partial charge in [0.1, 0.15) is 12.4 Å². The number of hydrogen-bond donors (Lipinski definition) is 1. The average molecular weight is 210 g/mol. The molecule has 1 amide bonds. The van der Waals surface area contributed by atoms with Gasteiger partial charge in [0.25, 0.3) is 0 Å². The molecule has 0 unspecified atom stereocenters. The van der Waals surface area contributed by atoms with Crippen molar-refractivity contribution in [2.75, 3.05) is 18.9 Å². The lowest BCUT2D eigenvalue weighted by Crippen LogP contribution is -2.24. The van der Waals surface area contributed by atoms with E-state index in [-0.39, 0.29) is 6.54 Å². The summed E-state index contributed by atoms with van der Waals surface area (Å²) >= 11 is 0. The zero-order valence-corrected chi connectivity index (χ0v) is 8.07. The first-order valence-electron chi connectivity index (χ1n) is 4.62. The fraction of sp³-hybridized carbons (Fsp3) is 0.300. The lowest BCUT2D eigenvalue weighted by Gasteiger charge is -2.13.